The summed E-state index contributed by atoms with van der Waals surface area (Å²) >= 11 is -0.00493. The summed E-state index contributed by atoms with van der Waals surface area (Å²) in [6, 6.07) is 0. The van der Waals surface area contributed by atoms with E-state index in [0.717, 1.165) is 18.2 Å². The van der Waals surface area contributed by atoms with Gasteiger partial charge in [-0.3, -0.25) is 0 Å². The maximum atomic E-state index is 11.9. The van der Waals surface area contributed by atoms with E-state index in [2.05, 4.69) is 6.92 Å². The van der Waals surface area contributed by atoms with Crippen LogP contribution in [0.3, 0.4) is 0 Å². The van der Waals surface area contributed by atoms with Gasteiger partial charge in [0, 0.05) is 0 Å². The minimum absolute atomic E-state index is 0.00493. The molecule has 80 valence electrons. The molecule has 0 radical (unpaired) electrons. The van der Waals surface area contributed by atoms with E-state index in [-0.39, 0.29) is 14.5 Å². The summed E-state index contributed by atoms with van der Waals surface area (Å²) in [4.78, 5) is 0. The van der Waals surface area contributed by atoms with E-state index in [1.165, 1.54) is 0 Å². The summed E-state index contributed by atoms with van der Waals surface area (Å²) in [6.45, 7) is 6.78. The molecule has 0 spiro atoms. The van der Waals surface area contributed by atoms with Crippen LogP contribution < -0.4 is 0 Å². The van der Waals surface area contributed by atoms with Gasteiger partial charge in [-0.1, -0.05) is 0 Å². The predicted octanol–water partition coefficient (Wildman–Crippen LogP) is 3.09. The summed E-state index contributed by atoms with van der Waals surface area (Å²) < 4.78 is 22.2. The second-order valence-corrected chi connectivity index (χ2v) is 9.44. The molecule has 5 heteroatoms. The van der Waals surface area contributed by atoms with Crippen molar-refractivity contribution in [3.05, 3.63) is 0 Å². The van der Waals surface area contributed by atoms with Crippen LogP contribution >= 0.6 is 6.29 Å². The molecule has 0 fully saturated rings. The Morgan fingerprint density at radius 3 is 2.08 bits per heavy atom. The molecule has 0 aromatic heterocycles. The minimum atomic E-state index is -2.69. The van der Waals surface area contributed by atoms with E-state index in [9.17, 15) is 4.57 Å². The average molecular weight is 273 g/mol. The summed E-state index contributed by atoms with van der Waals surface area (Å²) in [5.41, 5.74) is 0. The Kier molecular flexibility index (Phi) is 8.43. The van der Waals surface area contributed by atoms with E-state index in [1.807, 2.05) is 13.8 Å². The van der Waals surface area contributed by atoms with Gasteiger partial charge in [0.1, 0.15) is 0 Å². The second kappa shape index (κ2) is 8.02. The predicted molar refractivity (Wildman–Crippen MR) is 56.3 cm³/mol. The third-order valence-electron chi connectivity index (χ3n) is 1.32. The quantitative estimate of drug-likeness (QED) is 0.387. The van der Waals surface area contributed by atoms with Gasteiger partial charge in [-0.2, -0.15) is 0 Å². The van der Waals surface area contributed by atoms with Gasteiger partial charge in [-0.05, 0) is 0 Å². The first-order valence-corrected chi connectivity index (χ1v) is 9.69. The van der Waals surface area contributed by atoms with Crippen molar-refractivity contribution in [2.45, 2.75) is 38.9 Å². The van der Waals surface area contributed by atoms with Crippen molar-refractivity contribution in [1.29, 1.82) is 0 Å². The molecule has 0 rings (SSSR count). The number of hydrogen-bond acceptors (Lipinski definition) is 3. The van der Waals surface area contributed by atoms with Gasteiger partial charge in [0.15, 0.2) is 0 Å². The van der Waals surface area contributed by atoms with Gasteiger partial charge in [-0.25, -0.2) is 0 Å². The number of rotatable bonds is 8. The topological polar surface area (TPSA) is 35.5 Å². The third kappa shape index (κ3) is 6.70. The van der Waals surface area contributed by atoms with Crippen LogP contribution in [0.25, 0.3) is 0 Å². The van der Waals surface area contributed by atoms with Crippen LogP contribution in [-0.4, -0.2) is 27.7 Å². The van der Waals surface area contributed by atoms with E-state index in [1.54, 1.807) is 0 Å². The fourth-order valence-electron chi connectivity index (χ4n) is 0.749. The SMILES string of the molecule is CCCC[Se]P(=O)(OCC)OCC. The molecule has 0 aliphatic heterocycles. The van der Waals surface area contributed by atoms with Gasteiger partial charge in [-0.15, -0.1) is 0 Å². The van der Waals surface area contributed by atoms with Crippen molar-refractivity contribution in [1.82, 2.24) is 0 Å². The van der Waals surface area contributed by atoms with Crippen LogP contribution in [0.4, 0.5) is 0 Å². The molecule has 0 atom stereocenters. The molecule has 0 saturated carbocycles. The Balaban J connectivity index is 3.85. The monoisotopic (exact) mass is 274 g/mol. The Hall–Kier alpha value is 0.669. The van der Waals surface area contributed by atoms with Crippen LogP contribution in [0.5, 0.6) is 0 Å². The molecular formula is C8H19O3PSe. The summed E-state index contributed by atoms with van der Waals surface area (Å²) in [6.07, 6.45) is -0.432. The molecule has 0 aliphatic rings. The number of unbranched alkanes of at least 4 members (excludes halogenated alkanes) is 1. The zero-order valence-corrected chi connectivity index (χ0v) is 11.2. The van der Waals surface area contributed by atoms with Crippen molar-refractivity contribution in [3.63, 3.8) is 0 Å². The molecule has 0 unspecified atom stereocenters. The molecule has 3 nitrogen and oxygen atoms in total. The first-order chi connectivity index (χ1) is 6.18. The van der Waals surface area contributed by atoms with E-state index in [0.29, 0.717) is 13.2 Å². The summed E-state index contributed by atoms with van der Waals surface area (Å²) in [5, 5.41) is 0.987. The van der Waals surface area contributed by atoms with Gasteiger partial charge in [0.05, 0.1) is 0 Å². The van der Waals surface area contributed by atoms with Gasteiger partial charge >= 0.3 is 86.6 Å². The second-order valence-electron chi connectivity index (χ2n) is 2.47. The van der Waals surface area contributed by atoms with Gasteiger partial charge in [0.2, 0.25) is 0 Å². The molecule has 0 aromatic rings. The zero-order chi connectivity index (χ0) is 10.2. The molecule has 0 aromatic carbocycles. The molecule has 0 saturated heterocycles. The maximum absolute atomic E-state index is 11.9. The van der Waals surface area contributed by atoms with Crippen LogP contribution in [0, 0.1) is 0 Å². The van der Waals surface area contributed by atoms with Crippen LogP contribution in [0.2, 0.25) is 5.32 Å². The molecule has 0 bridgehead atoms. The van der Waals surface area contributed by atoms with Crippen LogP contribution in [-0.2, 0) is 13.6 Å². The van der Waals surface area contributed by atoms with Crippen molar-refractivity contribution < 1.29 is 13.6 Å². The molecule has 0 N–H and O–H groups in total. The van der Waals surface area contributed by atoms with Gasteiger partial charge in [0.25, 0.3) is 0 Å². The fraction of sp³-hybridized carbons (Fsp3) is 1.00. The molecule has 0 aliphatic carbocycles. The Labute approximate surface area is 86.9 Å². The van der Waals surface area contributed by atoms with Crippen molar-refractivity contribution >= 4 is 20.8 Å². The first-order valence-electron chi connectivity index (χ1n) is 4.72. The standard InChI is InChI=1S/C8H19O3PSe/c1-4-7-8-13-12(9,10-5-2)11-6-3/h4-8H2,1-3H3. The molecule has 0 heterocycles. The van der Waals surface area contributed by atoms with E-state index >= 15 is 0 Å². The van der Waals surface area contributed by atoms with Gasteiger partial charge < -0.3 is 0 Å². The van der Waals surface area contributed by atoms with E-state index < -0.39 is 6.29 Å². The average Bonchev–Trinajstić information content (AvgIpc) is 2.05. The summed E-state index contributed by atoms with van der Waals surface area (Å²) in [5.74, 6) is 0. The zero-order valence-electron chi connectivity index (χ0n) is 8.62. The molecular weight excluding hydrogens is 254 g/mol. The van der Waals surface area contributed by atoms with Crippen molar-refractivity contribution in [2.75, 3.05) is 13.2 Å². The normalized spacial score (nSPS) is 11.9. The van der Waals surface area contributed by atoms with Crippen LogP contribution in [0.1, 0.15) is 33.6 Å². The Bertz CT molecular complexity index is 153. The molecule has 0 amide bonds. The van der Waals surface area contributed by atoms with Crippen molar-refractivity contribution in [2.24, 2.45) is 0 Å². The first kappa shape index (κ1) is 13.7. The Morgan fingerprint density at radius 2 is 1.69 bits per heavy atom. The summed E-state index contributed by atoms with van der Waals surface area (Å²) in [7, 11) is 0. The third-order valence-corrected chi connectivity index (χ3v) is 8.04. The number of hydrogen-bond donors (Lipinski definition) is 0. The Morgan fingerprint density at radius 1 is 1.15 bits per heavy atom. The van der Waals surface area contributed by atoms with E-state index in [4.69, 9.17) is 9.05 Å². The van der Waals surface area contributed by atoms with Crippen molar-refractivity contribution in [3.8, 4) is 0 Å². The van der Waals surface area contributed by atoms with Crippen LogP contribution in [0.15, 0.2) is 0 Å². The molecule has 13 heavy (non-hydrogen) atoms. The fourth-order valence-corrected chi connectivity index (χ4v) is 7.05.